The minimum absolute atomic E-state index is 0.0215. The third kappa shape index (κ3) is 3.10. The lowest BCUT2D eigenvalue weighted by Crippen LogP contribution is -2.22. The Balaban J connectivity index is 1.76. The summed E-state index contributed by atoms with van der Waals surface area (Å²) in [7, 11) is 0. The van der Waals surface area contributed by atoms with E-state index in [9.17, 15) is 9.18 Å². The zero-order chi connectivity index (χ0) is 17.4. The highest BCUT2D eigenvalue weighted by Gasteiger charge is 2.30. The summed E-state index contributed by atoms with van der Waals surface area (Å²) < 4.78 is 13.2. The molecule has 1 aliphatic rings. The molecule has 2 heterocycles. The van der Waals surface area contributed by atoms with Crippen LogP contribution >= 0.6 is 23.1 Å². The Hall–Kier alpha value is -2.11. The molecule has 0 radical (unpaired) electrons. The van der Waals surface area contributed by atoms with E-state index in [4.69, 9.17) is 0 Å². The lowest BCUT2D eigenvalue weighted by molar-refractivity contribution is -0.116. The SMILES string of the molecule is CSc1ccc(C2CC(=O)Nc3c(-c4ccc(F)cc4)csc32)cc1. The van der Waals surface area contributed by atoms with Gasteiger partial charge in [-0.2, -0.15) is 0 Å². The van der Waals surface area contributed by atoms with Gasteiger partial charge in [0.05, 0.1) is 5.69 Å². The Morgan fingerprint density at radius 2 is 1.84 bits per heavy atom. The summed E-state index contributed by atoms with van der Waals surface area (Å²) in [6.45, 7) is 0. The van der Waals surface area contributed by atoms with Gasteiger partial charge in [-0.15, -0.1) is 23.1 Å². The molecule has 0 bridgehead atoms. The number of halogens is 1. The van der Waals surface area contributed by atoms with Crippen LogP contribution in [0.25, 0.3) is 11.1 Å². The largest absolute Gasteiger partial charge is 0.325 e. The van der Waals surface area contributed by atoms with Gasteiger partial charge in [-0.25, -0.2) is 4.39 Å². The summed E-state index contributed by atoms with van der Waals surface area (Å²) in [5, 5.41) is 5.07. The van der Waals surface area contributed by atoms with Crippen molar-refractivity contribution in [2.75, 3.05) is 11.6 Å². The van der Waals surface area contributed by atoms with Gasteiger partial charge < -0.3 is 5.32 Å². The highest BCUT2D eigenvalue weighted by Crippen LogP contribution is 2.46. The van der Waals surface area contributed by atoms with Gasteiger partial charge in [0.15, 0.2) is 0 Å². The van der Waals surface area contributed by atoms with E-state index in [1.807, 2.05) is 5.38 Å². The number of thiophene rings is 1. The van der Waals surface area contributed by atoms with Crippen LogP contribution in [0.1, 0.15) is 22.8 Å². The van der Waals surface area contributed by atoms with Gasteiger partial charge in [0.25, 0.3) is 0 Å². The second kappa shape index (κ2) is 6.65. The molecule has 1 aromatic heterocycles. The molecule has 0 saturated heterocycles. The van der Waals surface area contributed by atoms with Crippen LogP contribution in [-0.4, -0.2) is 12.2 Å². The van der Waals surface area contributed by atoms with Gasteiger partial charge in [0.1, 0.15) is 5.82 Å². The zero-order valence-corrected chi connectivity index (χ0v) is 15.2. The zero-order valence-electron chi connectivity index (χ0n) is 13.6. The summed E-state index contributed by atoms with van der Waals surface area (Å²) in [4.78, 5) is 14.7. The van der Waals surface area contributed by atoms with Gasteiger partial charge in [-0.05, 0) is 41.6 Å². The average molecular weight is 369 g/mol. The number of amides is 1. The van der Waals surface area contributed by atoms with Crippen molar-refractivity contribution in [3.05, 3.63) is 70.2 Å². The average Bonchev–Trinajstić information content (AvgIpc) is 3.05. The standard InChI is InChI=1S/C20H16FNOS2/c1-24-15-8-4-12(5-9-15)16-10-18(23)22-19-17(11-25-20(16)19)13-2-6-14(21)7-3-13/h2-9,11,16H,10H2,1H3,(H,22,23). The van der Waals surface area contributed by atoms with Crippen LogP contribution in [-0.2, 0) is 4.79 Å². The number of carbonyl (C=O) groups is 1. The van der Waals surface area contributed by atoms with Crippen LogP contribution in [0.2, 0.25) is 0 Å². The van der Waals surface area contributed by atoms with Crippen LogP contribution in [0.4, 0.5) is 10.1 Å². The molecule has 1 aliphatic heterocycles. The Labute approximate surface area is 154 Å². The van der Waals surface area contributed by atoms with Crippen molar-refractivity contribution in [1.82, 2.24) is 0 Å². The molecule has 1 unspecified atom stereocenters. The van der Waals surface area contributed by atoms with Gasteiger partial charge in [-0.1, -0.05) is 24.3 Å². The second-order valence-electron chi connectivity index (χ2n) is 5.97. The van der Waals surface area contributed by atoms with Crippen LogP contribution in [0.5, 0.6) is 0 Å². The number of thioether (sulfide) groups is 1. The van der Waals surface area contributed by atoms with Crippen molar-refractivity contribution in [2.45, 2.75) is 17.2 Å². The molecule has 0 fully saturated rings. The molecular weight excluding hydrogens is 353 g/mol. The maximum Gasteiger partial charge on any atom is 0.225 e. The first kappa shape index (κ1) is 16.4. The van der Waals surface area contributed by atoms with Crippen molar-refractivity contribution in [3.8, 4) is 11.1 Å². The Morgan fingerprint density at radius 3 is 2.52 bits per heavy atom. The quantitative estimate of drug-likeness (QED) is 0.596. The fourth-order valence-electron chi connectivity index (χ4n) is 3.17. The fraction of sp³-hybridized carbons (Fsp3) is 0.150. The molecular formula is C20H16FNOS2. The van der Waals surface area contributed by atoms with Crippen molar-refractivity contribution in [1.29, 1.82) is 0 Å². The molecule has 1 amide bonds. The first-order valence-corrected chi connectivity index (χ1v) is 10.1. The van der Waals surface area contributed by atoms with E-state index in [0.717, 1.165) is 27.3 Å². The molecule has 5 heteroatoms. The van der Waals surface area contributed by atoms with Gasteiger partial charge in [-0.3, -0.25) is 4.79 Å². The number of fused-ring (bicyclic) bond motifs is 1. The Kier molecular flexibility index (Phi) is 4.36. The van der Waals surface area contributed by atoms with Crippen LogP contribution in [0.3, 0.4) is 0 Å². The van der Waals surface area contributed by atoms with E-state index in [-0.39, 0.29) is 17.6 Å². The smallest absolute Gasteiger partial charge is 0.225 e. The summed E-state index contributed by atoms with van der Waals surface area (Å²) >= 11 is 3.36. The predicted octanol–water partition coefficient (Wildman–Crippen LogP) is 5.75. The third-order valence-electron chi connectivity index (χ3n) is 4.46. The normalized spacial score (nSPS) is 16.4. The van der Waals surface area contributed by atoms with Crippen molar-refractivity contribution in [2.24, 2.45) is 0 Å². The van der Waals surface area contributed by atoms with E-state index >= 15 is 0 Å². The van der Waals surface area contributed by atoms with E-state index < -0.39 is 0 Å². The van der Waals surface area contributed by atoms with Gasteiger partial charge in [0.2, 0.25) is 5.91 Å². The summed E-state index contributed by atoms with van der Waals surface area (Å²) in [5.41, 5.74) is 3.89. The highest BCUT2D eigenvalue weighted by molar-refractivity contribution is 7.98. The molecule has 1 atom stereocenters. The third-order valence-corrected chi connectivity index (χ3v) is 6.30. The maximum atomic E-state index is 13.2. The second-order valence-corrected chi connectivity index (χ2v) is 7.76. The summed E-state index contributed by atoms with van der Waals surface area (Å²) in [6, 6.07) is 14.8. The molecule has 0 saturated carbocycles. The Morgan fingerprint density at radius 1 is 1.12 bits per heavy atom. The number of rotatable bonds is 3. The number of hydrogen-bond acceptors (Lipinski definition) is 3. The molecule has 25 heavy (non-hydrogen) atoms. The number of benzene rings is 2. The van der Waals surface area contributed by atoms with E-state index in [0.29, 0.717) is 6.42 Å². The predicted molar refractivity (Wildman–Crippen MR) is 103 cm³/mol. The molecule has 2 aromatic carbocycles. The van der Waals surface area contributed by atoms with Crippen LogP contribution < -0.4 is 5.32 Å². The van der Waals surface area contributed by atoms with Crippen molar-refractivity contribution in [3.63, 3.8) is 0 Å². The molecule has 1 N–H and O–H groups in total. The topological polar surface area (TPSA) is 29.1 Å². The lowest BCUT2D eigenvalue weighted by Gasteiger charge is -2.24. The Bertz CT molecular complexity index is 916. The van der Waals surface area contributed by atoms with E-state index in [1.165, 1.54) is 17.0 Å². The minimum atomic E-state index is -0.261. The first-order chi connectivity index (χ1) is 12.2. The van der Waals surface area contributed by atoms with Gasteiger partial charge in [0, 0.05) is 33.1 Å². The number of hydrogen-bond donors (Lipinski definition) is 1. The van der Waals surface area contributed by atoms with Crippen LogP contribution in [0.15, 0.2) is 58.8 Å². The molecule has 0 spiro atoms. The molecule has 126 valence electrons. The molecule has 0 aliphatic carbocycles. The maximum absolute atomic E-state index is 13.2. The summed E-state index contributed by atoms with van der Waals surface area (Å²) in [5.74, 6) is -0.171. The van der Waals surface area contributed by atoms with Crippen LogP contribution in [0, 0.1) is 5.82 Å². The highest BCUT2D eigenvalue weighted by atomic mass is 32.2. The first-order valence-electron chi connectivity index (χ1n) is 7.97. The van der Waals surface area contributed by atoms with Gasteiger partial charge >= 0.3 is 0 Å². The number of nitrogens with one attached hydrogen (secondary N) is 1. The van der Waals surface area contributed by atoms with Crippen molar-refractivity contribution < 1.29 is 9.18 Å². The number of carbonyl (C=O) groups excluding carboxylic acids is 1. The summed E-state index contributed by atoms with van der Waals surface area (Å²) in [6.07, 6.45) is 2.50. The van der Waals surface area contributed by atoms with E-state index in [2.05, 4.69) is 35.8 Å². The van der Waals surface area contributed by atoms with E-state index in [1.54, 1.807) is 35.2 Å². The monoisotopic (exact) mass is 369 g/mol. The molecule has 3 aromatic rings. The number of anilines is 1. The minimum Gasteiger partial charge on any atom is -0.325 e. The van der Waals surface area contributed by atoms with Crippen molar-refractivity contribution >= 4 is 34.7 Å². The lowest BCUT2D eigenvalue weighted by atomic mass is 9.89. The fourth-order valence-corrected chi connectivity index (χ4v) is 4.74. The molecule has 4 rings (SSSR count). The molecule has 2 nitrogen and oxygen atoms in total.